The molecular weight excluding hydrogens is 1230 g/mol. The van der Waals surface area contributed by atoms with Gasteiger partial charge in [-0.25, -0.2) is 0 Å². The molecule has 0 fully saturated rings. The molecule has 0 saturated carbocycles. The summed E-state index contributed by atoms with van der Waals surface area (Å²) in [5, 5.41) is 7.43. The second-order valence-corrected chi connectivity index (χ2v) is 20.1. The second-order valence-electron chi connectivity index (χ2n) is 20.1. The molecule has 3 nitrogen and oxygen atoms in total. The number of alkyl halides is 24. The van der Waals surface area contributed by atoms with Gasteiger partial charge in [-0.15, -0.1) is 0 Å². The summed E-state index contributed by atoms with van der Waals surface area (Å²) < 4.78 is 343. The molecule has 0 N–H and O–H groups in total. The lowest BCUT2D eigenvalue weighted by molar-refractivity contribution is -0.672. The van der Waals surface area contributed by atoms with Crippen molar-refractivity contribution < 1.29 is 115 Å². The predicted molar refractivity (Wildman–Crippen MR) is 274 cm³/mol. The van der Waals surface area contributed by atoms with E-state index in [1.807, 2.05) is 47.3 Å². The molecule has 458 valence electrons. The molecule has 0 bridgehead atoms. The molecule has 28 heteroatoms. The van der Waals surface area contributed by atoms with Crippen LogP contribution in [0.1, 0.15) is 54.9 Å². The van der Waals surface area contributed by atoms with Crippen LogP contribution in [-0.2, 0) is 56.0 Å². The lowest BCUT2D eigenvalue weighted by Gasteiger charge is -2.46. The van der Waals surface area contributed by atoms with E-state index in [0.717, 1.165) is 11.3 Å². The molecule has 0 atom stereocenters. The van der Waals surface area contributed by atoms with Crippen molar-refractivity contribution in [1.29, 1.82) is 0 Å². The van der Waals surface area contributed by atoms with Crippen LogP contribution in [0.3, 0.4) is 0 Å². The van der Waals surface area contributed by atoms with Gasteiger partial charge in [-0.3, -0.25) is 9.78 Å². The van der Waals surface area contributed by atoms with Crippen molar-refractivity contribution in [2.45, 2.75) is 56.0 Å². The van der Waals surface area contributed by atoms with E-state index in [4.69, 9.17) is 0 Å². The minimum absolute atomic E-state index is 0.0794. The Morgan fingerprint density at radius 1 is 0.364 bits per heavy atom. The molecular formula is C60H31BF24N2O. The zero-order valence-corrected chi connectivity index (χ0v) is 43.4. The number of hydrogen-bond acceptors (Lipinski definition) is 2. The number of carbonyl (C=O) groups excluding carboxylic acids is 1. The number of hydrogen-bond donors (Lipinski definition) is 0. The smallest absolute Gasteiger partial charge is 0.287 e. The fourth-order valence-electron chi connectivity index (χ4n) is 10.6. The largest absolute Gasteiger partial charge is 0.416 e. The molecule has 0 unspecified atom stereocenters. The molecule has 10 aromatic rings. The summed E-state index contributed by atoms with van der Waals surface area (Å²) in [6.07, 6.45) is -49.3. The van der Waals surface area contributed by atoms with Gasteiger partial charge >= 0.3 is 49.4 Å². The Kier molecular flexibility index (Phi) is 16.0. The van der Waals surface area contributed by atoms with Crippen LogP contribution in [0.4, 0.5) is 105 Å². The number of ketones is 1. The number of halogens is 24. The van der Waals surface area contributed by atoms with Gasteiger partial charge in [-0.05, 0) is 62.6 Å². The first-order valence-electron chi connectivity index (χ1n) is 25.0. The van der Waals surface area contributed by atoms with Crippen molar-refractivity contribution in [3.8, 4) is 11.3 Å². The van der Waals surface area contributed by atoms with E-state index in [9.17, 15) is 110 Å². The summed E-state index contributed by atoms with van der Waals surface area (Å²) in [5.74, 6) is 0.0794. The minimum atomic E-state index is -6.13. The summed E-state index contributed by atoms with van der Waals surface area (Å²) >= 11 is 0. The number of rotatable bonds is 8. The van der Waals surface area contributed by atoms with Crippen LogP contribution in [0.5, 0.6) is 0 Å². The van der Waals surface area contributed by atoms with Gasteiger partial charge in [0.1, 0.15) is 6.15 Å². The van der Waals surface area contributed by atoms with E-state index in [0.29, 0.717) is 5.56 Å². The van der Waals surface area contributed by atoms with Gasteiger partial charge in [0, 0.05) is 5.56 Å². The summed E-state index contributed by atoms with van der Waals surface area (Å²) in [7, 11) is 0. The Morgan fingerprint density at radius 2 is 0.682 bits per heavy atom. The molecule has 0 saturated heterocycles. The Morgan fingerprint density at radius 3 is 1.02 bits per heavy atom. The van der Waals surface area contributed by atoms with Gasteiger partial charge in [0.25, 0.3) is 0 Å². The quantitative estimate of drug-likeness (QED) is 0.0499. The van der Waals surface area contributed by atoms with Crippen molar-refractivity contribution in [3.05, 3.63) is 226 Å². The number of carbonyl (C=O) groups is 1. The van der Waals surface area contributed by atoms with E-state index in [-0.39, 0.29) is 12.3 Å². The summed E-state index contributed by atoms with van der Waals surface area (Å²) in [4.78, 5) is 17.3. The molecule has 0 radical (unpaired) electrons. The number of Topliss-reactive ketones (excluding diaryl/α,β-unsaturated/α-hetero) is 1. The van der Waals surface area contributed by atoms with Crippen LogP contribution in [-0.4, -0.2) is 16.9 Å². The van der Waals surface area contributed by atoms with Gasteiger partial charge < -0.3 is 0 Å². The molecule has 0 spiro atoms. The molecule has 0 amide bonds. The van der Waals surface area contributed by atoms with Crippen LogP contribution in [0, 0.1) is 0 Å². The Labute approximate surface area is 478 Å². The predicted octanol–water partition coefficient (Wildman–Crippen LogP) is 17.0. The van der Waals surface area contributed by atoms with Gasteiger partial charge in [-0.1, -0.05) is 127 Å². The number of nitrogens with zero attached hydrogens (tertiary/aromatic N) is 2. The molecule has 10 rings (SSSR count). The molecule has 0 aliphatic carbocycles. The number of aromatic nitrogens is 2. The Bertz CT molecular complexity index is 3820. The van der Waals surface area contributed by atoms with Crippen molar-refractivity contribution in [1.82, 2.24) is 4.98 Å². The molecule has 88 heavy (non-hydrogen) atoms. The fourth-order valence-corrected chi connectivity index (χ4v) is 10.6. The highest BCUT2D eigenvalue weighted by molar-refractivity contribution is 7.20. The van der Waals surface area contributed by atoms with Crippen molar-refractivity contribution in [2.24, 2.45) is 0 Å². The van der Waals surface area contributed by atoms with Crippen molar-refractivity contribution in [2.75, 3.05) is 0 Å². The number of benzene rings is 9. The molecule has 1 aromatic heterocycles. The lowest BCUT2D eigenvalue weighted by Crippen LogP contribution is -2.75. The van der Waals surface area contributed by atoms with Crippen LogP contribution in [0.25, 0.3) is 43.6 Å². The van der Waals surface area contributed by atoms with Crippen molar-refractivity contribution >= 4 is 66.1 Å². The van der Waals surface area contributed by atoms with Gasteiger partial charge in [0.2, 0.25) is 18.0 Å². The van der Waals surface area contributed by atoms with Gasteiger partial charge in [-0.2, -0.15) is 132 Å². The maximum Gasteiger partial charge on any atom is 0.416 e. The van der Waals surface area contributed by atoms with E-state index in [1.165, 1.54) is 32.3 Å². The molecule has 0 aliphatic heterocycles. The van der Waals surface area contributed by atoms with E-state index in [2.05, 4.69) is 59.6 Å². The first-order chi connectivity index (χ1) is 40.6. The first-order valence-corrected chi connectivity index (χ1v) is 25.0. The Hall–Kier alpha value is -8.85. The van der Waals surface area contributed by atoms with E-state index in [1.54, 1.807) is 6.20 Å². The zero-order chi connectivity index (χ0) is 64.7. The maximum atomic E-state index is 14.2. The lowest BCUT2D eigenvalue weighted by atomic mass is 9.12. The summed E-state index contributed by atoms with van der Waals surface area (Å²) in [6.45, 7) is 0.268. The molecule has 9 aromatic carbocycles. The fraction of sp³-hybridized carbons (Fsp3) is 0.150. The van der Waals surface area contributed by atoms with Gasteiger partial charge in [0.15, 0.2) is 6.20 Å². The van der Waals surface area contributed by atoms with Gasteiger partial charge in [0.05, 0.1) is 62.5 Å². The average molecular weight is 1260 g/mol. The highest BCUT2D eigenvalue weighted by atomic mass is 19.4. The zero-order valence-electron chi connectivity index (χ0n) is 43.4. The summed E-state index contributed by atoms with van der Waals surface area (Å²) in [6, 6.07) is 20.1. The normalized spacial score (nSPS) is 13.3. The third kappa shape index (κ3) is 12.8. The van der Waals surface area contributed by atoms with Crippen LogP contribution in [0.2, 0.25) is 0 Å². The van der Waals surface area contributed by atoms with E-state index >= 15 is 0 Å². The van der Waals surface area contributed by atoms with Crippen LogP contribution in [0.15, 0.2) is 176 Å². The maximum absolute atomic E-state index is 14.2. The van der Waals surface area contributed by atoms with Crippen LogP contribution < -0.4 is 26.4 Å². The first kappa shape index (κ1) is 63.7. The monoisotopic (exact) mass is 1260 g/mol. The Balaban J connectivity index is 0.000000246. The minimum Gasteiger partial charge on any atom is -0.287 e. The third-order valence-corrected chi connectivity index (χ3v) is 14.5. The second kappa shape index (κ2) is 22.1. The molecule has 1 heterocycles. The summed E-state index contributed by atoms with van der Waals surface area (Å²) in [5.41, 5.74) is -27.5. The van der Waals surface area contributed by atoms with E-state index < -0.39 is 195 Å². The van der Waals surface area contributed by atoms with Crippen molar-refractivity contribution in [3.63, 3.8) is 0 Å². The third-order valence-electron chi connectivity index (χ3n) is 14.5. The topological polar surface area (TPSA) is 33.8 Å². The highest BCUT2D eigenvalue weighted by Gasteiger charge is 2.47. The SMILES string of the molecule is FC(F)(F)c1cc([B-](c2cc(C(F)(F)F)cc(C(F)(F)F)c2)(c2cc(C(F)(F)F)cc(C(F)(F)F)c2)c2cc(C(F)(F)F)cc(C(F)(F)F)c2)cc(C(F)(F)F)c1.O=C(C[n+]1ccncc1-c1ccc2ccc3cccc4ccc1c2c34)c1ccccc1. The standard InChI is InChI=1S/C32H12BF24.C28H19N2O/c34-25(35,36)13-1-14(26(37,38)39)6-21(5-13)33(22-7-15(27(40,41)42)2-16(8-22)28(43,44)45,23-9-17(29(46,47)48)3-18(10-23)30(49,50)51)24-11-19(31(52,53)54)4-20(12-24)32(55,56)57;31-26(19-5-2-1-3-6-19)18-30-16-15-29-17-25(30)23-13-11-22-10-9-20-7-4-8-21-12-14-24(23)28(22)27(20)21/h1-12H;1-17H,18H2/q-1;+1. The van der Waals surface area contributed by atoms with Crippen LogP contribution >= 0.6 is 0 Å². The highest BCUT2D eigenvalue weighted by Crippen LogP contribution is 2.43. The molecule has 0 aliphatic rings. The average Bonchev–Trinajstić information content (AvgIpc) is 0.726.